The maximum absolute atomic E-state index is 6.48. The van der Waals surface area contributed by atoms with E-state index in [9.17, 15) is 0 Å². The maximum Gasteiger partial charge on any atom is 0.162 e. The first-order valence-electron chi connectivity index (χ1n) is 7.33. The number of aliphatic imine (C=N–C) groups is 1. The van der Waals surface area contributed by atoms with Crippen molar-refractivity contribution >= 4 is 16.8 Å². The summed E-state index contributed by atoms with van der Waals surface area (Å²) in [6.07, 6.45) is 3.81. The Morgan fingerprint density at radius 3 is 2.74 bits per heavy atom. The topological polar surface area (TPSA) is 60.9 Å². The fourth-order valence-corrected chi connectivity index (χ4v) is 3.19. The number of rotatable bonds is 1. The van der Waals surface area contributed by atoms with Crippen LogP contribution in [0.3, 0.4) is 0 Å². The lowest BCUT2D eigenvalue weighted by Gasteiger charge is -2.11. The van der Waals surface area contributed by atoms with Gasteiger partial charge in [0, 0.05) is 24.4 Å². The number of fused-ring (bicyclic) bond motifs is 3. The molecule has 2 aromatic heterocycles. The van der Waals surface area contributed by atoms with E-state index in [1.807, 2.05) is 50.0 Å². The molecule has 0 spiro atoms. The van der Waals surface area contributed by atoms with Crippen LogP contribution in [0.15, 0.2) is 35.6 Å². The van der Waals surface area contributed by atoms with E-state index >= 15 is 0 Å². The molecule has 1 aliphatic heterocycles. The molecule has 1 atom stereocenters. The van der Waals surface area contributed by atoms with Crippen LogP contribution in [0.4, 0.5) is 0 Å². The third kappa shape index (κ3) is 2.17. The molecule has 116 valence electrons. The molecule has 23 heavy (non-hydrogen) atoms. The van der Waals surface area contributed by atoms with Crippen LogP contribution in [0.2, 0.25) is 0 Å². The van der Waals surface area contributed by atoms with Gasteiger partial charge in [-0.2, -0.15) is 5.10 Å². The minimum absolute atomic E-state index is 0.141. The Bertz CT molecular complexity index is 936. The Morgan fingerprint density at radius 1 is 1.17 bits per heavy atom. The first-order chi connectivity index (χ1) is 11.0. The molecule has 0 amide bonds. The normalized spacial score (nSPS) is 16.5. The van der Waals surface area contributed by atoms with Gasteiger partial charge in [0.1, 0.15) is 17.0 Å². The van der Waals surface area contributed by atoms with Gasteiger partial charge >= 0.3 is 0 Å². The molecule has 6 nitrogen and oxygen atoms in total. The summed E-state index contributed by atoms with van der Waals surface area (Å²) < 4.78 is 3.80. The van der Waals surface area contributed by atoms with Crippen molar-refractivity contribution in [2.45, 2.75) is 19.9 Å². The standard InChI is InChI=1S/C16H15ClN6/c1-9-16-21-20-10(2)23(16)14-5-4-11(6-13(14)15(17)19-9)12-7-18-22(3)8-12/h4-9H,1-3H3/t9-/m0/s1. The number of aryl methyl sites for hydroxylation is 2. The first-order valence-corrected chi connectivity index (χ1v) is 7.71. The zero-order valence-corrected chi connectivity index (χ0v) is 13.8. The molecular formula is C16H15ClN6. The number of benzene rings is 1. The average molecular weight is 327 g/mol. The highest BCUT2D eigenvalue weighted by atomic mass is 35.5. The van der Waals surface area contributed by atoms with E-state index in [1.165, 1.54) is 0 Å². The second-order valence-electron chi connectivity index (χ2n) is 5.67. The van der Waals surface area contributed by atoms with Gasteiger partial charge in [-0.05, 0) is 31.5 Å². The highest BCUT2D eigenvalue weighted by Crippen LogP contribution is 2.32. The number of hydrogen-bond donors (Lipinski definition) is 0. The molecule has 0 aliphatic carbocycles. The summed E-state index contributed by atoms with van der Waals surface area (Å²) >= 11 is 6.48. The highest BCUT2D eigenvalue weighted by molar-refractivity contribution is 6.70. The van der Waals surface area contributed by atoms with Gasteiger partial charge in [0.2, 0.25) is 0 Å². The smallest absolute Gasteiger partial charge is 0.162 e. The van der Waals surface area contributed by atoms with Gasteiger partial charge in [-0.15, -0.1) is 10.2 Å². The molecule has 0 N–H and O–H groups in total. The van der Waals surface area contributed by atoms with Gasteiger partial charge in [-0.1, -0.05) is 17.7 Å². The van der Waals surface area contributed by atoms with E-state index in [1.54, 1.807) is 4.68 Å². The van der Waals surface area contributed by atoms with E-state index in [4.69, 9.17) is 11.6 Å². The summed E-state index contributed by atoms with van der Waals surface area (Å²) in [4.78, 5) is 4.55. The van der Waals surface area contributed by atoms with Crippen molar-refractivity contribution in [3.05, 3.63) is 47.8 Å². The lowest BCUT2D eigenvalue weighted by atomic mass is 10.0. The van der Waals surface area contributed by atoms with Crippen LogP contribution in [0.25, 0.3) is 16.8 Å². The van der Waals surface area contributed by atoms with Gasteiger partial charge in [-0.25, -0.2) is 0 Å². The fraction of sp³-hybridized carbons (Fsp3) is 0.250. The summed E-state index contributed by atoms with van der Waals surface area (Å²) in [6.45, 7) is 3.90. The van der Waals surface area contributed by atoms with Crippen molar-refractivity contribution in [3.8, 4) is 16.8 Å². The molecular weight excluding hydrogens is 312 g/mol. The maximum atomic E-state index is 6.48. The molecule has 0 bridgehead atoms. The predicted molar refractivity (Wildman–Crippen MR) is 89.1 cm³/mol. The van der Waals surface area contributed by atoms with Crippen molar-refractivity contribution < 1.29 is 0 Å². The van der Waals surface area contributed by atoms with Crippen molar-refractivity contribution in [3.63, 3.8) is 0 Å². The van der Waals surface area contributed by atoms with E-state index in [0.29, 0.717) is 5.17 Å². The van der Waals surface area contributed by atoms with Crippen LogP contribution < -0.4 is 0 Å². The quantitative estimate of drug-likeness (QED) is 0.690. The van der Waals surface area contributed by atoms with Gasteiger partial charge < -0.3 is 0 Å². The molecule has 0 fully saturated rings. The largest absolute Gasteiger partial charge is 0.281 e. The molecule has 3 aromatic rings. The summed E-state index contributed by atoms with van der Waals surface area (Å²) in [5, 5.41) is 13.1. The van der Waals surface area contributed by atoms with Gasteiger partial charge in [0.15, 0.2) is 5.82 Å². The van der Waals surface area contributed by atoms with Crippen molar-refractivity contribution in [1.82, 2.24) is 24.5 Å². The molecule has 1 aromatic carbocycles. The van der Waals surface area contributed by atoms with Gasteiger partial charge in [0.25, 0.3) is 0 Å². The molecule has 4 rings (SSSR count). The average Bonchev–Trinajstić information content (AvgIpc) is 3.10. The van der Waals surface area contributed by atoms with Crippen molar-refractivity contribution in [1.29, 1.82) is 0 Å². The van der Waals surface area contributed by atoms with Gasteiger partial charge in [0.05, 0.1) is 11.9 Å². The number of aromatic nitrogens is 5. The number of halogens is 1. The van der Waals surface area contributed by atoms with Crippen molar-refractivity contribution in [2.24, 2.45) is 12.0 Å². The molecule has 0 saturated heterocycles. The third-order valence-corrected chi connectivity index (χ3v) is 4.33. The van der Waals surface area contributed by atoms with Crippen LogP contribution in [-0.2, 0) is 7.05 Å². The monoisotopic (exact) mass is 326 g/mol. The SMILES string of the molecule is Cc1nnc2n1-c1ccc(-c3cnn(C)c3)cc1C(Cl)=N[C@H]2C. The van der Waals surface area contributed by atoms with Crippen molar-refractivity contribution in [2.75, 3.05) is 0 Å². The van der Waals surface area contributed by atoms with Crippen LogP contribution in [-0.4, -0.2) is 29.7 Å². The lowest BCUT2D eigenvalue weighted by Crippen LogP contribution is -2.05. The number of hydrogen-bond acceptors (Lipinski definition) is 4. The zero-order chi connectivity index (χ0) is 16.1. The fourth-order valence-electron chi connectivity index (χ4n) is 2.89. The Morgan fingerprint density at radius 2 is 2.00 bits per heavy atom. The molecule has 7 heteroatoms. The van der Waals surface area contributed by atoms with Crippen LogP contribution >= 0.6 is 11.6 Å². The summed E-state index contributed by atoms with van der Waals surface area (Å²) in [5.74, 6) is 1.62. The van der Waals surface area contributed by atoms with Gasteiger partial charge in [-0.3, -0.25) is 14.2 Å². The Hall–Kier alpha value is -2.47. The minimum atomic E-state index is -0.141. The second kappa shape index (κ2) is 5.03. The van der Waals surface area contributed by atoms with E-state index < -0.39 is 0 Å². The van der Waals surface area contributed by atoms with E-state index in [0.717, 1.165) is 34.0 Å². The Balaban J connectivity index is 1.96. The first kappa shape index (κ1) is 14.1. The van der Waals surface area contributed by atoms with Crippen LogP contribution in [0.5, 0.6) is 0 Å². The summed E-state index contributed by atoms with van der Waals surface area (Å²) in [5.41, 5.74) is 3.92. The molecule has 0 radical (unpaired) electrons. The molecule has 1 aliphatic rings. The summed E-state index contributed by atoms with van der Waals surface area (Å²) in [6, 6.07) is 5.99. The zero-order valence-electron chi connectivity index (χ0n) is 13.0. The summed E-state index contributed by atoms with van der Waals surface area (Å²) in [7, 11) is 1.90. The van der Waals surface area contributed by atoms with E-state index in [-0.39, 0.29) is 6.04 Å². The molecule has 0 unspecified atom stereocenters. The second-order valence-corrected chi connectivity index (χ2v) is 6.03. The predicted octanol–water partition coefficient (Wildman–Crippen LogP) is 3.04. The molecule has 3 heterocycles. The number of nitrogens with zero attached hydrogens (tertiary/aromatic N) is 6. The third-order valence-electron chi connectivity index (χ3n) is 4.03. The Kier molecular flexibility index (Phi) is 3.09. The molecule has 0 saturated carbocycles. The van der Waals surface area contributed by atoms with Crippen LogP contribution in [0.1, 0.15) is 30.2 Å². The van der Waals surface area contributed by atoms with Crippen LogP contribution in [0, 0.1) is 6.92 Å². The Labute approximate surface area is 138 Å². The minimum Gasteiger partial charge on any atom is -0.281 e. The van der Waals surface area contributed by atoms with E-state index in [2.05, 4.69) is 26.4 Å². The lowest BCUT2D eigenvalue weighted by molar-refractivity contribution is 0.722. The highest BCUT2D eigenvalue weighted by Gasteiger charge is 2.24.